The van der Waals surface area contributed by atoms with Gasteiger partial charge in [0.15, 0.2) is 0 Å². The average molecular weight is 267 g/mol. The highest BCUT2D eigenvalue weighted by Gasteiger charge is 2.51. The van der Waals surface area contributed by atoms with Gasteiger partial charge in [0.25, 0.3) is 0 Å². The summed E-state index contributed by atoms with van der Waals surface area (Å²) in [7, 11) is 1.72. The summed E-state index contributed by atoms with van der Waals surface area (Å²) in [5, 5.41) is 7.96. The van der Waals surface area contributed by atoms with Crippen LogP contribution >= 0.6 is 0 Å². The number of rotatable bonds is 4. The lowest BCUT2D eigenvalue weighted by molar-refractivity contribution is -0.113. The van der Waals surface area contributed by atoms with E-state index in [-0.39, 0.29) is 23.4 Å². The molecule has 1 aliphatic carbocycles. The Bertz CT molecular complexity index is 481. The monoisotopic (exact) mass is 267 g/mol. The third-order valence-corrected chi connectivity index (χ3v) is 4.05. The van der Waals surface area contributed by atoms with Crippen LogP contribution in [-0.4, -0.2) is 40.6 Å². The van der Waals surface area contributed by atoms with Crippen molar-refractivity contribution in [1.82, 2.24) is 14.8 Å². The predicted octanol–water partition coefficient (Wildman–Crippen LogP) is 1.75. The predicted molar refractivity (Wildman–Crippen MR) is 68.9 cm³/mol. The van der Waals surface area contributed by atoms with Crippen LogP contribution in [0.2, 0.25) is 0 Å². The highest BCUT2D eigenvalue weighted by atomic mass is 16.5. The van der Waals surface area contributed by atoms with Crippen molar-refractivity contribution in [2.24, 2.45) is 5.41 Å². The van der Waals surface area contributed by atoms with E-state index in [1.807, 2.05) is 11.5 Å². The maximum absolute atomic E-state index is 11.9. The molecule has 1 saturated carbocycles. The molecular formula is C13H21N3O3. The van der Waals surface area contributed by atoms with Gasteiger partial charge in [0, 0.05) is 18.6 Å². The number of methoxy groups -OCH3 is 1. The quantitative estimate of drug-likeness (QED) is 0.777. The number of esters is 1. The van der Waals surface area contributed by atoms with Crippen LogP contribution in [0.4, 0.5) is 0 Å². The Hall–Kier alpha value is -1.43. The summed E-state index contributed by atoms with van der Waals surface area (Å²) >= 11 is 0. The summed E-state index contributed by atoms with van der Waals surface area (Å²) in [6.07, 6.45) is 1.05. The molecule has 6 nitrogen and oxygen atoms in total. The normalized spacial score (nSPS) is 24.9. The van der Waals surface area contributed by atoms with Gasteiger partial charge < -0.3 is 14.0 Å². The summed E-state index contributed by atoms with van der Waals surface area (Å²) in [5.41, 5.74) is -0.0524. The molecule has 0 aliphatic heterocycles. The average Bonchev–Trinajstić information content (AvgIpc) is 2.71. The smallest absolute Gasteiger partial charge is 0.376 e. The molecular weight excluding hydrogens is 246 g/mol. The topological polar surface area (TPSA) is 66.2 Å². The van der Waals surface area contributed by atoms with Crippen LogP contribution in [0.5, 0.6) is 0 Å². The zero-order valence-corrected chi connectivity index (χ0v) is 12.1. The van der Waals surface area contributed by atoms with Crippen molar-refractivity contribution in [3.63, 3.8) is 0 Å². The molecule has 1 aromatic heterocycles. The number of hydrogen-bond acceptors (Lipinski definition) is 5. The van der Waals surface area contributed by atoms with Crippen LogP contribution in [0.1, 0.15) is 49.7 Å². The molecule has 2 unspecified atom stereocenters. The third-order valence-electron chi connectivity index (χ3n) is 4.05. The van der Waals surface area contributed by atoms with Crippen LogP contribution in [0.3, 0.4) is 0 Å². The fourth-order valence-electron chi connectivity index (χ4n) is 2.78. The molecule has 1 aromatic rings. The third kappa shape index (κ3) is 2.14. The second-order valence-electron chi connectivity index (χ2n) is 5.46. The molecule has 1 aliphatic rings. The molecule has 0 saturated heterocycles. The van der Waals surface area contributed by atoms with Gasteiger partial charge in [-0.05, 0) is 20.3 Å². The van der Waals surface area contributed by atoms with Gasteiger partial charge in [-0.1, -0.05) is 13.8 Å². The second kappa shape index (κ2) is 4.92. The van der Waals surface area contributed by atoms with Crippen LogP contribution in [0, 0.1) is 12.3 Å². The van der Waals surface area contributed by atoms with Gasteiger partial charge in [-0.3, -0.25) is 0 Å². The van der Waals surface area contributed by atoms with E-state index in [4.69, 9.17) is 9.47 Å². The molecule has 6 heteroatoms. The van der Waals surface area contributed by atoms with Gasteiger partial charge in [-0.15, -0.1) is 10.2 Å². The fourth-order valence-corrected chi connectivity index (χ4v) is 2.78. The first-order valence-electron chi connectivity index (χ1n) is 6.54. The highest BCUT2D eigenvalue weighted by Crippen LogP contribution is 2.51. The van der Waals surface area contributed by atoms with E-state index in [0.717, 1.165) is 12.2 Å². The number of aryl methyl sites for hydroxylation is 1. The van der Waals surface area contributed by atoms with E-state index in [9.17, 15) is 4.79 Å². The van der Waals surface area contributed by atoms with Crippen molar-refractivity contribution in [1.29, 1.82) is 0 Å². The van der Waals surface area contributed by atoms with Crippen LogP contribution in [0.25, 0.3) is 0 Å². The first-order valence-corrected chi connectivity index (χ1v) is 6.54. The lowest BCUT2D eigenvalue weighted by atomic mass is 9.64. The van der Waals surface area contributed by atoms with Crippen molar-refractivity contribution < 1.29 is 14.3 Å². The van der Waals surface area contributed by atoms with Crippen LogP contribution in [0.15, 0.2) is 0 Å². The molecule has 0 aromatic carbocycles. The molecule has 0 bridgehead atoms. The van der Waals surface area contributed by atoms with E-state index in [1.54, 1.807) is 14.0 Å². The number of carbonyl (C=O) groups is 1. The standard InChI is InChI=1S/C13H21N3O3/c1-6-19-12(17)11-15-14-8(2)16(11)9-7-10(18-5)13(9,3)4/h9-10H,6-7H2,1-5H3. The van der Waals surface area contributed by atoms with Gasteiger partial charge in [-0.2, -0.15) is 0 Å². The van der Waals surface area contributed by atoms with Crippen molar-refractivity contribution in [3.05, 3.63) is 11.6 Å². The lowest BCUT2D eigenvalue weighted by Crippen LogP contribution is -2.51. The summed E-state index contributed by atoms with van der Waals surface area (Å²) < 4.78 is 12.4. The van der Waals surface area contributed by atoms with E-state index in [1.165, 1.54) is 0 Å². The lowest BCUT2D eigenvalue weighted by Gasteiger charge is -2.51. The van der Waals surface area contributed by atoms with Crippen molar-refractivity contribution >= 4 is 5.97 Å². The Kier molecular flexibility index (Phi) is 3.62. The molecule has 1 fully saturated rings. The van der Waals surface area contributed by atoms with Crippen molar-refractivity contribution in [3.8, 4) is 0 Å². The minimum atomic E-state index is -0.417. The van der Waals surface area contributed by atoms with Crippen molar-refractivity contribution in [2.45, 2.75) is 46.3 Å². The molecule has 19 heavy (non-hydrogen) atoms. The molecule has 0 radical (unpaired) electrons. The molecule has 0 spiro atoms. The molecule has 2 atom stereocenters. The molecule has 0 amide bonds. The number of aromatic nitrogens is 3. The Morgan fingerprint density at radius 1 is 1.47 bits per heavy atom. The first kappa shape index (κ1) is 14.0. The van der Waals surface area contributed by atoms with E-state index >= 15 is 0 Å². The molecule has 0 N–H and O–H groups in total. The summed E-state index contributed by atoms with van der Waals surface area (Å²) in [6.45, 7) is 8.22. The van der Waals surface area contributed by atoms with Crippen LogP contribution in [-0.2, 0) is 9.47 Å². The zero-order valence-electron chi connectivity index (χ0n) is 12.1. The highest BCUT2D eigenvalue weighted by molar-refractivity contribution is 5.85. The van der Waals surface area contributed by atoms with Crippen LogP contribution < -0.4 is 0 Å². The molecule has 2 rings (SSSR count). The summed E-state index contributed by atoms with van der Waals surface area (Å²) in [6, 6.07) is 0.159. The minimum absolute atomic E-state index is 0.0524. The van der Waals surface area contributed by atoms with Gasteiger partial charge in [0.1, 0.15) is 5.82 Å². The van der Waals surface area contributed by atoms with Gasteiger partial charge in [0.2, 0.25) is 5.82 Å². The number of carbonyl (C=O) groups excluding carboxylic acids is 1. The van der Waals surface area contributed by atoms with Gasteiger partial charge in [0.05, 0.1) is 12.7 Å². The minimum Gasteiger partial charge on any atom is -0.460 e. The van der Waals surface area contributed by atoms with E-state index in [0.29, 0.717) is 6.61 Å². The maximum atomic E-state index is 11.9. The zero-order chi connectivity index (χ0) is 14.2. The maximum Gasteiger partial charge on any atom is 0.376 e. The Morgan fingerprint density at radius 3 is 2.68 bits per heavy atom. The van der Waals surface area contributed by atoms with Crippen molar-refractivity contribution in [2.75, 3.05) is 13.7 Å². The van der Waals surface area contributed by atoms with E-state index < -0.39 is 5.97 Å². The number of ether oxygens (including phenoxy) is 2. The Balaban J connectivity index is 2.31. The largest absolute Gasteiger partial charge is 0.460 e. The molecule has 1 heterocycles. The first-order chi connectivity index (χ1) is 8.93. The Morgan fingerprint density at radius 2 is 2.16 bits per heavy atom. The molecule has 106 valence electrons. The number of nitrogens with zero attached hydrogens (tertiary/aromatic N) is 3. The SMILES string of the molecule is CCOC(=O)c1nnc(C)n1C1CC(OC)C1(C)C. The van der Waals surface area contributed by atoms with Gasteiger partial charge in [-0.25, -0.2) is 4.79 Å². The Labute approximate surface area is 113 Å². The summed E-state index contributed by atoms with van der Waals surface area (Å²) in [4.78, 5) is 11.9. The number of hydrogen-bond donors (Lipinski definition) is 0. The van der Waals surface area contributed by atoms with Gasteiger partial charge >= 0.3 is 5.97 Å². The van der Waals surface area contributed by atoms with E-state index in [2.05, 4.69) is 24.0 Å². The fraction of sp³-hybridized carbons (Fsp3) is 0.769. The summed E-state index contributed by atoms with van der Waals surface area (Å²) in [5.74, 6) is 0.599. The second-order valence-corrected chi connectivity index (χ2v) is 5.46.